The number of halogens is 2. The first-order valence-corrected chi connectivity index (χ1v) is 13.3. The van der Waals surface area contributed by atoms with Crippen molar-refractivity contribution in [3.63, 3.8) is 0 Å². The van der Waals surface area contributed by atoms with Crippen LogP contribution in [-0.2, 0) is 17.1 Å². The summed E-state index contributed by atoms with van der Waals surface area (Å²) in [5.74, 6) is -0.349. The number of alkyl halides is 1. The lowest BCUT2D eigenvalue weighted by atomic mass is 9.94. The molecule has 1 fully saturated rings. The third-order valence-electron chi connectivity index (χ3n) is 6.29. The Balaban J connectivity index is 1.71. The Kier molecular flexibility index (Phi) is 7.45. The minimum absolute atomic E-state index is 0.0952. The monoisotopic (exact) mass is 531 g/mol. The van der Waals surface area contributed by atoms with Gasteiger partial charge >= 0.3 is 0 Å². The van der Waals surface area contributed by atoms with Gasteiger partial charge in [0.2, 0.25) is 5.03 Å². The largest absolute Gasteiger partial charge is 0.355 e. The Morgan fingerprint density at radius 1 is 1.22 bits per heavy atom. The molecule has 2 N–H and O–H groups in total. The summed E-state index contributed by atoms with van der Waals surface area (Å²) in [7, 11) is -2.35. The normalized spacial score (nSPS) is 17.6. The van der Waals surface area contributed by atoms with Crippen LogP contribution >= 0.6 is 0 Å². The molecule has 37 heavy (non-hydrogen) atoms. The summed E-state index contributed by atoms with van der Waals surface area (Å²) in [4.78, 5) is 3.14. The number of hydrogen-bond acceptors (Lipinski definition) is 7. The van der Waals surface area contributed by atoms with Gasteiger partial charge in [-0.25, -0.2) is 17.2 Å². The van der Waals surface area contributed by atoms with Crippen LogP contribution < -0.4 is 5.32 Å². The summed E-state index contributed by atoms with van der Waals surface area (Å²) in [6.07, 6.45) is 2.42. The van der Waals surface area contributed by atoms with E-state index in [9.17, 15) is 17.2 Å². The molecule has 1 aliphatic rings. The van der Waals surface area contributed by atoms with Crippen molar-refractivity contribution in [3.8, 4) is 0 Å². The van der Waals surface area contributed by atoms with Gasteiger partial charge < -0.3 is 10.7 Å². The van der Waals surface area contributed by atoms with Crippen molar-refractivity contribution in [1.82, 2.24) is 24.2 Å². The number of anilines is 2. The highest BCUT2D eigenvalue weighted by atomic mass is 32.2. The molecular weight excluding hydrogens is 500 g/mol. The highest BCUT2D eigenvalue weighted by molar-refractivity contribution is 7.89. The Morgan fingerprint density at radius 3 is 2.51 bits per heavy atom. The molecule has 0 amide bonds. The second-order valence-electron chi connectivity index (χ2n) is 9.81. The number of aryl methyl sites for hydroxylation is 2. The molecule has 9 nitrogen and oxygen atoms in total. The van der Waals surface area contributed by atoms with Crippen LogP contribution in [-0.4, -0.2) is 70.7 Å². The first-order chi connectivity index (χ1) is 17.4. The number of hydrogen-bond donors (Lipinski definition) is 2. The van der Waals surface area contributed by atoms with E-state index < -0.39 is 21.7 Å². The molecule has 4 rings (SSSR count). The molecule has 0 unspecified atom stereocenters. The van der Waals surface area contributed by atoms with Crippen molar-refractivity contribution in [3.05, 3.63) is 65.1 Å². The molecule has 0 bridgehead atoms. The molecule has 198 valence electrons. The number of nitrogens with one attached hydrogen (secondary N) is 2. The van der Waals surface area contributed by atoms with Gasteiger partial charge in [-0.15, -0.1) is 5.10 Å². The predicted molar refractivity (Wildman–Crippen MR) is 138 cm³/mol. The average molecular weight is 532 g/mol. The van der Waals surface area contributed by atoms with E-state index in [-0.39, 0.29) is 30.5 Å². The maximum atomic E-state index is 14.8. The van der Waals surface area contributed by atoms with E-state index in [1.54, 1.807) is 19.2 Å². The standard InChI is InChI=1S/C25H31F2N7O2S/c1-17-11-22(30-20-7-5-19(26)6-8-20)18(13-28)12-21(17)23-15-34(10-9-33(23)16-25(2,3)27)37(35,36)24-14-29-32(4)31-24/h5-8,11-14,23,28,30H,9-10,15-16H2,1-4H3/t23-/m0/s1. The zero-order valence-electron chi connectivity index (χ0n) is 21.2. The molecule has 2 aromatic carbocycles. The third kappa shape index (κ3) is 6.03. The van der Waals surface area contributed by atoms with E-state index in [0.29, 0.717) is 23.5 Å². The number of rotatable bonds is 8. The molecule has 1 atom stereocenters. The third-order valence-corrected chi connectivity index (χ3v) is 8.02. The Bertz CT molecular complexity index is 1390. The van der Waals surface area contributed by atoms with Gasteiger partial charge in [0, 0.05) is 62.4 Å². The average Bonchev–Trinajstić information content (AvgIpc) is 3.27. The Hall–Kier alpha value is -3.22. The van der Waals surface area contributed by atoms with Crippen molar-refractivity contribution in [2.75, 3.05) is 31.5 Å². The van der Waals surface area contributed by atoms with Crippen LogP contribution in [0.2, 0.25) is 0 Å². The fourth-order valence-corrected chi connectivity index (χ4v) is 5.90. The van der Waals surface area contributed by atoms with E-state index in [0.717, 1.165) is 11.1 Å². The SMILES string of the molecule is Cc1cc(Nc2ccc(F)cc2)c(C=N)cc1[C@@H]1CN(S(=O)(=O)c2cnn(C)n2)CCN1CC(C)(C)F. The fourth-order valence-electron chi connectivity index (χ4n) is 4.58. The fraction of sp³-hybridized carbons (Fsp3) is 0.400. The number of benzene rings is 2. The lowest BCUT2D eigenvalue weighted by molar-refractivity contribution is 0.0561. The number of nitrogens with zero attached hydrogens (tertiary/aromatic N) is 5. The highest BCUT2D eigenvalue weighted by Gasteiger charge is 2.38. The molecular formula is C25H31F2N7O2S. The van der Waals surface area contributed by atoms with Gasteiger partial charge in [-0.05, 0) is 68.3 Å². The van der Waals surface area contributed by atoms with Crippen molar-refractivity contribution in [1.29, 1.82) is 5.41 Å². The topological polar surface area (TPSA) is 107 Å². The quantitative estimate of drug-likeness (QED) is 0.428. The van der Waals surface area contributed by atoms with E-state index >= 15 is 0 Å². The maximum absolute atomic E-state index is 14.8. The zero-order chi connectivity index (χ0) is 27.0. The molecule has 3 aromatic rings. The lowest BCUT2D eigenvalue weighted by Gasteiger charge is -2.43. The molecule has 1 aliphatic heterocycles. The molecule has 1 saturated heterocycles. The summed E-state index contributed by atoms with van der Waals surface area (Å²) in [5.41, 5.74) is 2.04. The maximum Gasteiger partial charge on any atom is 0.264 e. The minimum atomic E-state index is -3.90. The second-order valence-corrected chi connectivity index (χ2v) is 11.7. The molecule has 12 heteroatoms. The smallest absolute Gasteiger partial charge is 0.264 e. The first-order valence-electron chi connectivity index (χ1n) is 11.8. The molecule has 0 saturated carbocycles. The van der Waals surface area contributed by atoms with Gasteiger partial charge in [-0.1, -0.05) is 0 Å². The number of sulfonamides is 1. The van der Waals surface area contributed by atoms with Gasteiger partial charge in [0.15, 0.2) is 0 Å². The van der Waals surface area contributed by atoms with Crippen LogP contribution in [0.1, 0.15) is 36.6 Å². The van der Waals surface area contributed by atoms with Gasteiger partial charge in [0.25, 0.3) is 10.0 Å². The molecule has 2 heterocycles. The van der Waals surface area contributed by atoms with E-state index in [4.69, 9.17) is 5.41 Å². The highest BCUT2D eigenvalue weighted by Crippen LogP contribution is 2.35. The summed E-state index contributed by atoms with van der Waals surface area (Å²) in [6.45, 7) is 5.62. The first kappa shape index (κ1) is 26.8. The van der Waals surface area contributed by atoms with Crippen LogP contribution in [0.25, 0.3) is 0 Å². The minimum Gasteiger partial charge on any atom is -0.355 e. The molecule has 1 aromatic heterocycles. The molecule has 0 radical (unpaired) electrons. The van der Waals surface area contributed by atoms with Crippen molar-refractivity contribution in [2.45, 2.75) is 37.5 Å². The van der Waals surface area contributed by atoms with Crippen LogP contribution in [0.3, 0.4) is 0 Å². The van der Waals surface area contributed by atoms with E-state index in [1.807, 2.05) is 24.0 Å². The van der Waals surface area contributed by atoms with Crippen LogP contribution in [0, 0.1) is 18.2 Å². The second kappa shape index (κ2) is 10.3. The van der Waals surface area contributed by atoms with Crippen molar-refractivity contribution < 1.29 is 17.2 Å². The van der Waals surface area contributed by atoms with Crippen molar-refractivity contribution >= 4 is 27.6 Å². The zero-order valence-corrected chi connectivity index (χ0v) is 22.1. The summed E-state index contributed by atoms with van der Waals surface area (Å²) in [6, 6.07) is 9.15. The molecule has 0 aliphatic carbocycles. The Morgan fingerprint density at radius 2 is 1.92 bits per heavy atom. The van der Waals surface area contributed by atoms with Crippen molar-refractivity contribution in [2.24, 2.45) is 7.05 Å². The predicted octanol–water partition coefficient (Wildman–Crippen LogP) is 3.80. The summed E-state index contributed by atoms with van der Waals surface area (Å²) in [5, 5.41) is 18.9. The van der Waals surface area contributed by atoms with Crippen LogP contribution in [0.4, 0.5) is 20.2 Å². The van der Waals surface area contributed by atoms with Gasteiger partial charge in [-0.2, -0.15) is 14.2 Å². The van der Waals surface area contributed by atoms with Gasteiger partial charge in [-0.3, -0.25) is 4.90 Å². The number of aromatic nitrogens is 3. The van der Waals surface area contributed by atoms with Crippen LogP contribution in [0.15, 0.2) is 47.6 Å². The number of piperazine rings is 1. The van der Waals surface area contributed by atoms with Gasteiger partial charge in [0.1, 0.15) is 11.5 Å². The molecule has 0 spiro atoms. The van der Waals surface area contributed by atoms with Crippen LogP contribution in [0.5, 0.6) is 0 Å². The summed E-state index contributed by atoms with van der Waals surface area (Å²) < 4.78 is 56.1. The van der Waals surface area contributed by atoms with E-state index in [1.165, 1.54) is 47.5 Å². The Labute approximate surface area is 215 Å². The lowest BCUT2D eigenvalue weighted by Crippen LogP contribution is -2.53. The summed E-state index contributed by atoms with van der Waals surface area (Å²) >= 11 is 0. The van der Waals surface area contributed by atoms with E-state index in [2.05, 4.69) is 15.5 Å². The van der Waals surface area contributed by atoms with Gasteiger partial charge in [0.05, 0.1) is 6.20 Å².